The summed E-state index contributed by atoms with van der Waals surface area (Å²) in [7, 11) is 0. The number of aromatic nitrogens is 2. The normalized spacial score (nSPS) is 11.1. The van der Waals surface area contributed by atoms with E-state index in [-0.39, 0.29) is 5.91 Å². The summed E-state index contributed by atoms with van der Waals surface area (Å²) in [4.78, 5) is 17.2. The van der Waals surface area contributed by atoms with Gasteiger partial charge < -0.3 is 14.6 Å². The number of ether oxygens (including phenoxy) is 1. The first kappa shape index (κ1) is 25.8. The van der Waals surface area contributed by atoms with Crippen molar-refractivity contribution in [2.24, 2.45) is 0 Å². The second-order valence-corrected chi connectivity index (χ2v) is 9.57. The molecule has 6 heteroatoms. The third-order valence-electron chi connectivity index (χ3n) is 6.37. The van der Waals surface area contributed by atoms with Crippen LogP contribution in [0.4, 0.5) is 0 Å². The van der Waals surface area contributed by atoms with E-state index in [2.05, 4.69) is 60.1 Å². The lowest BCUT2D eigenvalue weighted by atomic mass is 10.1. The van der Waals surface area contributed by atoms with Crippen LogP contribution in [0, 0.1) is 13.8 Å². The highest BCUT2D eigenvalue weighted by Crippen LogP contribution is 2.23. The van der Waals surface area contributed by atoms with Gasteiger partial charge in [0.05, 0.1) is 24.1 Å². The van der Waals surface area contributed by atoms with E-state index >= 15 is 0 Å². The van der Waals surface area contributed by atoms with Crippen molar-refractivity contribution in [3.8, 4) is 5.75 Å². The van der Waals surface area contributed by atoms with Gasteiger partial charge in [0.2, 0.25) is 5.91 Å². The molecule has 0 aliphatic rings. The predicted octanol–water partition coefficient (Wildman–Crippen LogP) is 6.46. The van der Waals surface area contributed by atoms with Gasteiger partial charge in [-0.15, -0.1) is 0 Å². The number of benzene rings is 3. The topological polar surface area (TPSA) is 56.1 Å². The fourth-order valence-electron chi connectivity index (χ4n) is 4.49. The molecule has 36 heavy (non-hydrogen) atoms. The maximum absolute atomic E-state index is 12.3. The molecule has 0 fully saturated rings. The summed E-state index contributed by atoms with van der Waals surface area (Å²) in [5.74, 6) is 2.05. The Hall–Kier alpha value is -3.31. The number of amides is 1. The Morgan fingerprint density at radius 1 is 0.944 bits per heavy atom. The van der Waals surface area contributed by atoms with E-state index in [0.29, 0.717) is 24.6 Å². The Balaban J connectivity index is 1.28. The van der Waals surface area contributed by atoms with Crippen molar-refractivity contribution in [3.05, 3.63) is 94.3 Å². The van der Waals surface area contributed by atoms with Crippen LogP contribution in [0.5, 0.6) is 5.75 Å². The van der Waals surface area contributed by atoms with Crippen molar-refractivity contribution >= 4 is 28.5 Å². The zero-order valence-corrected chi connectivity index (χ0v) is 21.9. The highest BCUT2D eigenvalue weighted by atomic mass is 35.5. The molecule has 3 aromatic carbocycles. The lowest BCUT2D eigenvalue weighted by Gasteiger charge is -2.13. The van der Waals surface area contributed by atoms with Crippen LogP contribution < -0.4 is 10.1 Å². The van der Waals surface area contributed by atoms with Crippen molar-refractivity contribution in [1.29, 1.82) is 0 Å². The average Bonchev–Trinajstić information content (AvgIpc) is 3.22. The molecule has 0 bridgehead atoms. The van der Waals surface area contributed by atoms with Gasteiger partial charge in [-0.1, -0.05) is 60.1 Å². The van der Waals surface area contributed by atoms with Crippen molar-refractivity contribution in [2.75, 3.05) is 13.2 Å². The van der Waals surface area contributed by atoms with Gasteiger partial charge in [-0.3, -0.25) is 4.79 Å². The zero-order chi connectivity index (χ0) is 25.3. The van der Waals surface area contributed by atoms with E-state index in [1.54, 1.807) is 0 Å². The fourth-order valence-corrected chi connectivity index (χ4v) is 4.69. The quantitative estimate of drug-likeness (QED) is 0.226. The second-order valence-electron chi connectivity index (χ2n) is 9.17. The van der Waals surface area contributed by atoms with E-state index in [1.165, 1.54) is 11.1 Å². The smallest absolute Gasteiger partial charge is 0.224 e. The van der Waals surface area contributed by atoms with E-state index in [9.17, 15) is 4.79 Å². The van der Waals surface area contributed by atoms with Gasteiger partial charge in [-0.2, -0.15) is 0 Å². The van der Waals surface area contributed by atoms with Crippen LogP contribution in [-0.4, -0.2) is 28.6 Å². The third kappa shape index (κ3) is 6.67. The number of unbranched alkanes of at least 4 members (excludes halogenated alkanes) is 1. The van der Waals surface area contributed by atoms with Crippen molar-refractivity contribution in [2.45, 2.75) is 52.5 Å². The van der Waals surface area contributed by atoms with Crippen LogP contribution >= 0.6 is 11.6 Å². The standard InChI is InChI=1S/C30H34ClN3O2/c1-22-11-9-12-23(2)30(22)36-20-8-7-19-34-27-16-6-5-15-26(27)33-28(34)17-10-18-32-29(35)21-24-13-3-4-14-25(24)31/h3-6,9,11-16H,7-8,10,17-21H2,1-2H3,(H,32,35). The molecule has 188 valence electrons. The predicted molar refractivity (Wildman–Crippen MR) is 147 cm³/mol. The molecule has 0 saturated heterocycles. The minimum atomic E-state index is -0.0134. The molecule has 4 aromatic rings. The number of carbonyl (C=O) groups is 1. The first-order valence-corrected chi connectivity index (χ1v) is 13.0. The lowest BCUT2D eigenvalue weighted by Crippen LogP contribution is -2.26. The average molecular weight is 504 g/mol. The molecule has 1 N–H and O–H groups in total. The van der Waals surface area contributed by atoms with Gasteiger partial charge in [0, 0.05) is 24.5 Å². The molecule has 1 amide bonds. The van der Waals surface area contributed by atoms with Gasteiger partial charge in [-0.25, -0.2) is 4.98 Å². The highest BCUT2D eigenvalue weighted by Gasteiger charge is 2.11. The first-order valence-electron chi connectivity index (χ1n) is 12.7. The largest absolute Gasteiger partial charge is 0.493 e. The number of imidazole rings is 1. The summed E-state index contributed by atoms with van der Waals surface area (Å²) in [6.45, 7) is 6.38. The van der Waals surface area contributed by atoms with Gasteiger partial charge in [-0.05, 0) is 68.0 Å². The van der Waals surface area contributed by atoms with Gasteiger partial charge in [0.25, 0.3) is 0 Å². The summed E-state index contributed by atoms with van der Waals surface area (Å²) in [5, 5.41) is 3.64. The number of aryl methyl sites for hydroxylation is 4. The third-order valence-corrected chi connectivity index (χ3v) is 6.74. The maximum atomic E-state index is 12.3. The van der Waals surface area contributed by atoms with Crippen LogP contribution in [0.2, 0.25) is 5.02 Å². The number of hydrogen-bond acceptors (Lipinski definition) is 3. The molecule has 1 heterocycles. The second kappa shape index (κ2) is 12.6. The molecule has 0 saturated carbocycles. The molecule has 0 radical (unpaired) electrons. The number of carbonyl (C=O) groups excluding carboxylic acids is 1. The number of rotatable bonds is 12. The van der Waals surface area contributed by atoms with Crippen LogP contribution in [-0.2, 0) is 24.2 Å². The van der Waals surface area contributed by atoms with E-state index in [4.69, 9.17) is 21.3 Å². The minimum Gasteiger partial charge on any atom is -0.493 e. The summed E-state index contributed by atoms with van der Waals surface area (Å²) in [5.41, 5.74) is 5.38. The van der Waals surface area contributed by atoms with Gasteiger partial charge in [0.1, 0.15) is 11.6 Å². The van der Waals surface area contributed by atoms with Crippen molar-refractivity contribution < 1.29 is 9.53 Å². The van der Waals surface area contributed by atoms with Crippen LogP contribution in [0.15, 0.2) is 66.7 Å². The number of nitrogens with zero attached hydrogens (tertiary/aromatic N) is 2. The van der Waals surface area contributed by atoms with Crippen LogP contribution in [0.3, 0.4) is 0 Å². The van der Waals surface area contributed by atoms with E-state index in [0.717, 1.165) is 60.4 Å². The Morgan fingerprint density at radius 2 is 1.69 bits per heavy atom. The number of hydrogen-bond donors (Lipinski definition) is 1. The number of para-hydroxylation sites is 3. The lowest BCUT2D eigenvalue weighted by molar-refractivity contribution is -0.120. The first-order chi connectivity index (χ1) is 17.5. The molecule has 0 spiro atoms. The minimum absolute atomic E-state index is 0.0134. The van der Waals surface area contributed by atoms with E-state index in [1.807, 2.05) is 30.3 Å². The van der Waals surface area contributed by atoms with Crippen molar-refractivity contribution in [3.63, 3.8) is 0 Å². The summed E-state index contributed by atoms with van der Waals surface area (Å²) >= 11 is 6.17. The number of halogens is 1. The molecular formula is C30H34ClN3O2. The van der Waals surface area contributed by atoms with Gasteiger partial charge in [0.15, 0.2) is 0 Å². The van der Waals surface area contributed by atoms with Crippen LogP contribution in [0.1, 0.15) is 41.8 Å². The number of fused-ring (bicyclic) bond motifs is 1. The summed E-state index contributed by atoms with van der Waals surface area (Å²) < 4.78 is 8.40. The Kier molecular flexibility index (Phi) is 9.01. The molecule has 0 unspecified atom stereocenters. The van der Waals surface area contributed by atoms with Gasteiger partial charge >= 0.3 is 0 Å². The zero-order valence-electron chi connectivity index (χ0n) is 21.1. The Bertz CT molecular complexity index is 1290. The maximum Gasteiger partial charge on any atom is 0.224 e. The monoisotopic (exact) mass is 503 g/mol. The Labute approximate surface area is 218 Å². The number of nitrogens with one attached hydrogen (secondary N) is 1. The SMILES string of the molecule is Cc1cccc(C)c1OCCCCn1c(CCCNC(=O)Cc2ccccc2Cl)nc2ccccc21. The van der Waals surface area contributed by atoms with E-state index < -0.39 is 0 Å². The highest BCUT2D eigenvalue weighted by molar-refractivity contribution is 6.31. The molecule has 5 nitrogen and oxygen atoms in total. The van der Waals surface area contributed by atoms with Crippen molar-refractivity contribution in [1.82, 2.24) is 14.9 Å². The van der Waals surface area contributed by atoms with Crippen LogP contribution in [0.25, 0.3) is 11.0 Å². The fraction of sp³-hybridized carbons (Fsp3) is 0.333. The molecular weight excluding hydrogens is 470 g/mol. The molecule has 0 aliphatic heterocycles. The molecule has 4 rings (SSSR count). The Morgan fingerprint density at radius 3 is 2.50 bits per heavy atom. The summed E-state index contributed by atoms with van der Waals surface area (Å²) in [6.07, 6.45) is 3.90. The molecule has 1 aromatic heterocycles. The molecule has 0 aliphatic carbocycles. The molecule has 0 atom stereocenters. The summed E-state index contributed by atoms with van der Waals surface area (Å²) in [6, 6.07) is 22.0.